The third-order valence-corrected chi connectivity index (χ3v) is 5.27. The molecule has 1 aromatic carbocycles. The molecular formula is C18H27FN2O. The van der Waals surface area contributed by atoms with Crippen LogP contribution in [0.4, 0.5) is 10.1 Å². The number of hydrogen-bond acceptors (Lipinski definition) is 3. The van der Waals surface area contributed by atoms with Gasteiger partial charge in [0.05, 0.1) is 6.10 Å². The highest BCUT2D eigenvalue weighted by atomic mass is 19.1. The van der Waals surface area contributed by atoms with Crippen LogP contribution in [-0.4, -0.2) is 48.3 Å². The minimum Gasteiger partial charge on any atom is -0.393 e. The molecule has 2 atom stereocenters. The smallest absolute Gasteiger partial charge is 0.125 e. The summed E-state index contributed by atoms with van der Waals surface area (Å²) in [5.41, 5.74) is 1.01. The number of aliphatic hydroxyl groups is 1. The summed E-state index contributed by atoms with van der Waals surface area (Å²) in [6.45, 7) is 6.42. The Balaban J connectivity index is 1.49. The normalized spacial score (nSPS) is 28.0. The summed E-state index contributed by atoms with van der Waals surface area (Å²) in [6.07, 6.45) is 4.04. The molecule has 0 spiro atoms. The van der Waals surface area contributed by atoms with E-state index in [-0.39, 0.29) is 11.9 Å². The molecule has 2 fully saturated rings. The number of halogens is 1. The van der Waals surface area contributed by atoms with Crippen molar-refractivity contribution in [3.8, 4) is 0 Å². The monoisotopic (exact) mass is 306 g/mol. The van der Waals surface area contributed by atoms with Gasteiger partial charge in [0.1, 0.15) is 5.82 Å². The third-order valence-electron chi connectivity index (χ3n) is 5.27. The molecule has 0 saturated carbocycles. The lowest BCUT2D eigenvalue weighted by Gasteiger charge is -2.40. The van der Waals surface area contributed by atoms with E-state index < -0.39 is 0 Å². The summed E-state index contributed by atoms with van der Waals surface area (Å²) in [6, 6.07) is 7.41. The first-order chi connectivity index (χ1) is 10.6. The quantitative estimate of drug-likeness (QED) is 0.930. The molecule has 2 aliphatic heterocycles. The van der Waals surface area contributed by atoms with Crippen molar-refractivity contribution in [1.29, 1.82) is 0 Å². The van der Waals surface area contributed by atoms with Gasteiger partial charge in [0.2, 0.25) is 0 Å². The summed E-state index contributed by atoms with van der Waals surface area (Å²) in [5.74, 6) is 0.572. The van der Waals surface area contributed by atoms with Gasteiger partial charge in [-0.15, -0.1) is 0 Å². The van der Waals surface area contributed by atoms with Gasteiger partial charge in [-0.1, -0.05) is 6.07 Å². The molecule has 0 amide bonds. The Morgan fingerprint density at radius 3 is 2.64 bits per heavy atom. The fourth-order valence-electron chi connectivity index (χ4n) is 3.85. The largest absolute Gasteiger partial charge is 0.393 e. The maximum absolute atomic E-state index is 13.3. The molecule has 22 heavy (non-hydrogen) atoms. The zero-order valence-corrected chi connectivity index (χ0v) is 13.4. The summed E-state index contributed by atoms with van der Waals surface area (Å²) in [4.78, 5) is 4.83. The lowest BCUT2D eigenvalue weighted by atomic mass is 9.93. The summed E-state index contributed by atoms with van der Waals surface area (Å²) in [7, 11) is 0. The van der Waals surface area contributed by atoms with Crippen LogP contribution in [0, 0.1) is 11.7 Å². The first kappa shape index (κ1) is 15.8. The van der Waals surface area contributed by atoms with Crippen molar-refractivity contribution in [2.45, 2.75) is 44.8 Å². The van der Waals surface area contributed by atoms with Crippen LogP contribution in [0.15, 0.2) is 24.3 Å². The van der Waals surface area contributed by atoms with E-state index in [1.807, 2.05) is 6.07 Å². The van der Waals surface area contributed by atoms with E-state index in [0.717, 1.165) is 50.6 Å². The van der Waals surface area contributed by atoms with E-state index in [0.29, 0.717) is 6.04 Å². The maximum Gasteiger partial charge on any atom is 0.125 e. The molecule has 3 nitrogen and oxygen atoms in total. The third kappa shape index (κ3) is 3.79. The second-order valence-corrected chi connectivity index (χ2v) is 6.93. The van der Waals surface area contributed by atoms with Crippen molar-refractivity contribution in [3.05, 3.63) is 30.1 Å². The standard InChI is InChI=1S/C18H27FN2O/c1-14-11-18(22)7-10-21(14)13-15-5-8-20(9-6-15)17-4-2-3-16(19)12-17/h2-4,12,14-15,18,22H,5-11,13H2,1H3. The fourth-order valence-corrected chi connectivity index (χ4v) is 3.85. The topological polar surface area (TPSA) is 26.7 Å². The summed E-state index contributed by atoms with van der Waals surface area (Å²) >= 11 is 0. The Kier molecular flexibility index (Phi) is 4.99. The number of hydrogen-bond donors (Lipinski definition) is 1. The van der Waals surface area contributed by atoms with Crippen LogP contribution in [-0.2, 0) is 0 Å². The van der Waals surface area contributed by atoms with Crippen molar-refractivity contribution in [3.63, 3.8) is 0 Å². The highest BCUT2D eigenvalue weighted by Crippen LogP contribution is 2.26. The van der Waals surface area contributed by atoms with Crippen molar-refractivity contribution < 1.29 is 9.50 Å². The van der Waals surface area contributed by atoms with Crippen molar-refractivity contribution in [2.75, 3.05) is 31.1 Å². The van der Waals surface area contributed by atoms with Gasteiger partial charge < -0.3 is 14.9 Å². The molecule has 0 aliphatic carbocycles. The van der Waals surface area contributed by atoms with Gasteiger partial charge in [-0.3, -0.25) is 0 Å². The number of benzene rings is 1. The summed E-state index contributed by atoms with van der Waals surface area (Å²) in [5, 5.41) is 9.72. The van der Waals surface area contributed by atoms with E-state index in [4.69, 9.17) is 0 Å². The van der Waals surface area contributed by atoms with Gasteiger partial charge in [-0.25, -0.2) is 4.39 Å². The van der Waals surface area contributed by atoms with Crippen LogP contribution in [0.3, 0.4) is 0 Å². The Morgan fingerprint density at radius 2 is 1.95 bits per heavy atom. The van der Waals surface area contributed by atoms with E-state index in [1.165, 1.54) is 18.9 Å². The molecular weight excluding hydrogens is 279 g/mol. The Morgan fingerprint density at radius 1 is 1.18 bits per heavy atom. The molecule has 0 radical (unpaired) electrons. The maximum atomic E-state index is 13.3. The highest BCUT2D eigenvalue weighted by Gasteiger charge is 2.27. The number of rotatable bonds is 3. The number of likely N-dealkylation sites (tertiary alicyclic amines) is 1. The minimum absolute atomic E-state index is 0.110. The molecule has 3 rings (SSSR count). The number of nitrogens with zero attached hydrogens (tertiary/aromatic N) is 2. The molecule has 1 aromatic rings. The Hall–Kier alpha value is -1.13. The number of piperidine rings is 2. The second kappa shape index (κ2) is 6.97. The van der Waals surface area contributed by atoms with E-state index >= 15 is 0 Å². The molecule has 1 N–H and O–H groups in total. The van der Waals surface area contributed by atoms with E-state index in [9.17, 15) is 9.50 Å². The highest BCUT2D eigenvalue weighted by molar-refractivity contribution is 5.46. The van der Waals surface area contributed by atoms with Crippen LogP contribution in [0.5, 0.6) is 0 Å². The van der Waals surface area contributed by atoms with Crippen molar-refractivity contribution in [1.82, 2.24) is 4.90 Å². The van der Waals surface area contributed by atoms with Crippen LogP contribution in [0.1, 0.15) is 32.6 Å². The van der Waals surface area contributed by atoms with Gasteiger partial charge in [0.25, 0.3) is 0 Å². The zero-order valence-electron chi connectivity index (χ0n) is 13.4. The molecule has 0 aromatic heterocycles. The fraction of sp³-hybridized carbons (Fsp3) is 0.667. The lowest BCUT2D eigenvalue weighted by Crippen LogP contribution is -2.46. The molecule has 0 bridgehead atoms. The molecule has 2 unspecified atom stereocenters. The summed E-state index contributed by atoms with van der Waals surface area (Å²) < 4.78 is 13.3. The Bertz CT molecular complexity index is 488. The van der Waals surface area contributed by atoms with Crippen LogP contribution in [0.25, 0.3) is 0 Å². The molecule has 2 saturated heterocycles. The molecule has 2 aliphatic rings. The minimum atomic E-state index is -0.152. The van der Waals surface area contributed by atoms with Crippen LogP contribution >= 0.6 is 0 Å². The average molecular weight is 306 g/mol. The Labute approximate surface area is 132 Å². The molecule has 122 valence electrons. The average Bonchev–Trinajstić information content (AvgIpc) is 2.51. The zero-order chi connectivity index (χ0) is 15.5. The molecule has 2 heterocycles. The first-order valence-corrected chi connectivity index (χ1v) is 8.54. The van der Waals surface area contributed by atoms with Gasteiger partial charge in [0.15, 0.2) is 0 Å². The van der Waals surface area contributed by atoms with Crippen molar-refractivity contribution in [2.24, 2.45) is 5.92 Å². The number of aliphatic hydroxyl groups excluding tert-OH is 1. The van der Waals surface area contributed by atoms with E-state index in [1.54, 1.807) is 12.1 Å². The van der Waals surface area contributed by atoms with E-state index in [2.05, 4.69) is 16.7 Å². The predicted octanol–water partition coefficient (Wildman–Crippen LogP) is 2.89. The lowest BCUT2D eigenvalue weighted by molar-refractivity contribution is 0.0377. The van der Waals surface area contributed by atoms with Gasteiger partial charge in [0, 0.05) is 37.9 Å². The molecule has 4 heteroatoms. The second-order valence-electron chi connectivity index (χ2n) is 6.93. The SMILES string of the molecule is CC1CC(O)CCN1CC1CCN(c2cccc(F)c2)CC1. The van der Waals surface area contributed by atoms with Gasteiger partial charge >= 0.3 is 0 Å². The van der Waals surface area contributed by atoms with Crippen molar-refractivity contribution >= 4 is 5.69 Å². The predicted molar refractivity (Wildman–Crippen MR) is 87.6 cm³/mol. The van der Waals surface area contributed by atoms with Gasteiger partial charge in [-0.2, -0.15) is 0 Å². The first-order valence-electron chi connectivity index (χ1n) is 8.54. The number of anilines is 1. The van der Waals surface area contributed by atoms with Crippen LogP contribution < -0.4 is 4.90 Å². The van der Waals surface area contributed by atoms with Gasteiger partial charge in [-0.05, 0) is 56.7 Å². The van der Waals surface area contributed by atoms with Crippen LogP contribution in [0.2, 0.25) is 0 Å².